The van der Waals surface area contributed by atoms with Crippen LogP contribution in [-0.2, 0) is 62.6 Å². The molecule has 3 atom stereocenters. The third kappa shape index (κ3) is 21.5. The lowest BCUT2D eigenvalue weighted by Gasteiger charge is -2.27. The number of urea groups is 1. The van der Waals surface area contributed by atoms with Gasteiger partial charge in [0.05, 0.1) is 23.1 Å². The molecule has 100 heavy (non-hydrogen) atoms. The lowest BCUT2D eigenvalue weighted by Crippen LogP contribution is -2.46. The van der Waals surface area contributed by atoms with Crippen LogP contribution in [0.1, 0.15) is 192 Å². The number of aliphatic carboxylic acids is 3. The van der Waals surface area contributed by atoms with Crippen LogP contribution in [0.5, 0.6) is 5.75 Å². The number of allylic oxidation sites excluding steroid dienone is 7. The number of ether oxygens (including phenoxy) is 1. The lowest BCUT2D eigenvalue weighted by molar-refractivity contribution is -0.438. The largest absolute Gasteiger partial charge is 0.481 e. The number of H-pyrrole nitrogens is 1. The lowest BCUT2D eigenvalue weighted by atomic mass is 9.81. The fourth-order valence-corrected chi connectivity index (χ4v) is 14.5. The molecule has 3 heterocycles. The first kappa shape index (κ1) is 76.8. The highest BCUT2D eigenvalue weighted by Crippen LogP contribution is 2.48. The molecular formula is C79H101N6O14S+. The smallest absolute Gasteiger partial charge is 0.326 e. The maximum Gasteiger partial charge on any atom is 0.326 e. The first-order valence-electron chi connectivity index (χ1n) is 35.6. The van der Waals surface area contributed by atoms with Gasteiger partial charge < -0.3 is 45.9 Å². The SMILES string of the molecule is CCCCC[N+]1=C(/C=C/C2=C(Oc3ccc(C[C@H](CC(=O)[C@H](Cc4c[nH]c5ccccc45)NC(=O)CCCCCCCCC(=O)CC[C@H](NC(=O)NCCCC(=O)O)C(=O)O)C(=O)O)cc3)C(=C/C=C3/N(CCCCS(=O)(=O)O)c4ccccc4C3(C)C)/CCC2)C(C)(C)c2ccccc21. The number of ketones is 2. The zero-order chi connectivity index (χ0) is 72.0. The molecule has 5 aromatic rings. The van der Waals surface area contributed by atoms with Gasteiger partial charge in [-0.2, -0.15) is 13.0 Å². The van der Waals surface area contributed by atoms with Gasteiger partial charge in [-0.1, -0.05) is 126 Å². The van der Waals surface area contributed by atoms with Crippen molar-refractivity contribution < 1.29 is 71.2 Å². The number of nitrogens with zero attached hydrogens (tertiary/aromatic N) is 2. The zero-order valence-corrected chi connectivity index (χ0v) is 59.4. The molecule has 8 rings (SSSR count). The summed E-state index contributed by atoms with van der Waals surface area (Å²) in [5.41, 5.74) is 10.7. The molecule has 0 spiro atoms. The molecule has 4 aromatic carbocycles. The minimum atomic E-state index is -4.11. The van der Waals surface area contributed by atoms with Crippen molar-refractivity contribution >= 4 is 79.5 Å². The van der Waals surface area contributed by atoms with E-state index in [1.807, 2.05) is 66.9 Å². The van der Waals surface area contributed by atoms with E-state index in [1.165, 1.54) is 17.0 Å². The number of hydrogen-bond acceptors (Lipinski definition) is 11. The molecule has 0 fully saturated rings. The Kier molecular flexibility index (Phi) is 28.0. The van der Waals surface area contributed by atoms with Gasteiger partial charge in [0, 0.05) is 110 Å². The van der Waals surface area contributed by atoms with Crippen LogP contribution in [0.4, 0.5) is 16.2 Å². The van der Waals surface area contributed by atoms with Crippen LogP contribution in [-0.4, -0.2) is 122 Å². The van der Waals surface area contributed by atoms with Gasteiger partial charge in [0.1, 0.15) is 29.9 Å². The number of para-hydroxylation sites is 3. The average Bonchev–Trinajstić information content (AvgIpc) is 1.60. The molecule has 0 radical (unpaired) electrons. The van der Waals surface area contributed by atoms with Crippen LogP contribution in [0.15, 0.2) is 150 Å². The third-order valence-electron chi connectivity index (χ3n) is 19.5. The van der Waals surface area contributed by atoms with Gasteiger partial charge in [-0.3, -0.25) is 28.5 Å². The number of aromatic amines is 1. The monoisotopic (exact) mass is 1390 g/mol. The second kappa shape index (κ2) is 36.4. The topological polar surface area (TPSA) is 302 Å². The van der Waals surface area contributed by atoms with Gasteiger partial charge in [-0.05, 0) is 149 Å². The van der Waals surface area contributed by atoms with E-state index < -0.39 is 63.3 Å². The summed E-state index contributed by atoms with van der Waals surface area (Å²) >= 11 is 0. The van der Waals surface area contributed by atoms with Crippen LogP contribution in [0, 0.1) is 5.92 Å². The van der Waals surface area contributed by atoms with Crippen molar-refractivity contribution in [2.24, 2.45) is 5.92 Å². The molecule has 0 saturated heterocycles. The van der Waals surface area contributed by atoms with Crippen molar-refractivity contribution in [3.8, 4) is 5.75 Å². The van der Waals surface area contributed by atoms with E-state index in [-0.39, 0.29) is 87.2 Å². The van der Waals surface area contributed by atoms with Crippen LogP contribution in [0.3, 0.4) is 0 Å². The number of amides is 3. The summed E-state index contributed by atoms with van der Waals surface area (Å²) in [6.45, 7) is 12.7. The minimum absolute atomic E-state index is 0.0301. The summed E-state index contributed by atoms with van der Waals surface area (Å²) in [7, 11) is -4.11. The molecule has 3 amide bonds. The van der Waals surface area contributed by atoms with E-state index in [0.717, 1.165) is 121 Å². The summed E-state index contributed by atoms with van der Waals surface area (Å²) in [4.78, 5) is 94.0. The molecule has 21 heteroatoms. The van der Waals surface area contributed by atoms with Gasteiger partial charge >= 0.3 is 23.9 Å². The number of carboxylic acids is 3. The van der Waals surface area contributed by atoms with Crippen molar-refractivity contribution in [3.05, 3.63) is 172 Å². The quantitative estimate of drug-likeness (QED) is 0.0102. The molecule has 1 aromatic heterocycles. The first-order valence-corrected chi connectivity index (χ1v) is 37.2. The van der Waals surface area contributed by atoms with Gasteiger partial charge in [-0.25, -0.2) is 9.59 Å². The van der Waals surface area contributed by atoms with Crippen molar-refractivity contribution in [1.82, 2.24) is 20.9 Å². The standard InChI is InChI=1S/C79H100N6O14S/c1-6-7-20-47-84-67-32-18-15-29-62(67)78(2,3)70(84)44-38-55-25-23-26-56(39-45-71-79(4,5)63-30-16-19-33-68(63)85(71)48-21-22-49-100(96,97)98)74(55)99-60-41-36-54(37-42-60)50-57(75(91)92)52-69(87)66(51-58-53-81-64-31-17-14-28-61(58)64)82-72(88)34-13-11-9-8-10-12-27-59(86)40-43-65(76(93)94)83-77(95)80-46-24-35-73(89)90/h14-19,28-33,36-39,41-42,44-45,53,57,65-66,81H,6-13,20-27,34-35,40,43,46-52H2,1-5H3,(H6-,80,82,83,88,89,90,91,92,93,94,95,96,97,98)/p+1/t57-,65+,66+/m1/s1. The van der Waals surface area contributed by atoms with Crippen molar-refractivity contribution in [2.75, 3.05) is 30.3 Å². The molecule has 3 aliphatic rings. The second-order valence-corrected chi connectivity index (χ2v) is 29.4. The fourth-order valence-electron chi connectivity index (χ4n) is 14.0. The number of carbonyl (C=O) groups excluding carboxylic acids is 4. The Hall–Kier alpha value is -8.95. The van der Waals surface area contributed by atoms with E-state index in [1.54, 1.807) is 0 Å². The molecule has 2 aliphatic heterocycles. The van der Waals surface area contributed by atoms with E-state index in [2.05, 4.69) is 126 Å². The Bertz CT molecular complexity index is 4010. The minimum Gasteiger partial charge on any atom is -0.481 e. The number of carbonyl (C=O) groups is 7. The number of unbranched alkanes of at least 4 members (excludes halogenated alkanes) is 8. The van der Waals surface area contributed by atoms with Crippen LogP contribution in [0.2, 0.25) is 0 Å². The Balaban J connectivity index is 0.943. The number of anilines is 1. The van der Waals surface area contributed by atoms with E-state index in [9.17, 15) is 56.7 Å². The maximum absolute atomic E-state index is 14.5. The van der Waals surface area contributed by atoms with Crippen molar-refractivity contribution in [3.63, 3.8) is 0 Å². The number of rotatable bonds is 41. The van der Waals surface area contributed by atoms with Gasteiger partial charge in [0.2, 0.25) is 11.6 Å². The summed E-state index contributed by atoms with van der Waals surface area (Å²) in [5, 5.41) is 37.7. The highest BCUT2D eigenvalue weighted by molar-refractivity contribution is 7.85. The van der Waals surface area contributed by atoms with Gasteiger partial charge in [0.15, 0.2) is 11.5 Å². The Morgan fingerprint density at radius 3 is 2.11 bits per heavy atom. The third-order valence-corrected chi connectivity index (χ3v) is 20.3. The molecule has 20 nitrogen and oxygen atoms in total. The Labute approximate surface area is 588 Å². The summed E-state index contributed by atoms with van der Waals surface area (Å²) in [6.07, 6.45) is 21.5. The van der Waals surface area contributed by atoms with Crippen LogP contribution in [0.25, 0.3) is 10.9 Å². The van der Waals surface area contributed by atoms with Crippen molar-refractivity contribution in [1.29, 1.82) is 0 Å². The molecule has 8 N–H and O–H groups in total. The molecule has 0 bridgehead atoms. The predicted octanol–water partition coefficient (Wildman–Crippen LogP) is 14.1. The van der Waals surface area contributed by atoms with E-state index in [0.29, 0.717) is 43.5 Å². The highest BCUT2D eigenvalue weighted by atomic mass is 32.2. The van der Waals surface area contributed by atoms with Crippen molar-refractivity contribution in [2.45, 2.75) is 205 Å². The molecule has 0 unspecified atom stereocenters. The number of Topliss-reactive ketones (excluding diaryl/α,β-unsaturated/α-hetero) is 2. The predicted molar refractivity (Wildman–Crippen MR) is 389 cm³/mol. The maximum atomic E-state index is 14.5. The van der Waals surface area contributed by atoms with Crippen LogP contribution < -0.4 is 25.6 Å². The fraction of sp³-hybridized carbons (Fsp3) is 0.468. The van der Waals surface area contributed by atoms with Gasteiger partial charge in [0.25, 0.3) is 10.1 Å². The summed E-state index contributed by atoms with van der Waals surface area (Å²) < 4.78 is 42.5. The summed E-state index contributed by atoms with van der Waals surface area (Å²) in [5.74, 6) is -4.43. The summed E-state index contributed by atoms with van der Waals surface area (Å²) in [6, 6.07) is 28.9. The Morgan fingerprint density at radius 1 is 0.690 bits per heavy atom. The Morgan fingerprint density at radius 2 is 1.39 bits per heavy atom. The number of fused-ring (bicyclic) bond motifs is 3. The highest BCUT2D eigenvalue weighted by Gasteiger charge is 2.44. The number of aromatic nitrogens is 1. The number of carboxylic acid groups (broad SMARTS) is 3. The van der Waals surface area contributed by atoms with E-state index in [4.69, 9.17) is 9.84 Å². The number of benzene rings is 4. The van der Waals surface area contributed by atoms with E-state index >= 15 is 0 Å². The average molecular weight is 1390 g/mol. The molecule has 1 aliphatic carbocycles. The molecule has 0 saturated carbocycles. The van der Waals surface area contributed by atoms with Gasteiger partial charge in [-0.15, -0.1) is 0 Å². The normalized spacial score (nSPS) is 16.6. The van der Waals surface area contributed by atoms with Crippen LogP contribution >= 0.6 is 0 Å². The molecular weight excluding hydrogens is 1290 g/mol. The zero-order valence-electron chi connectivity index (χ0n) is 58.6. The molecule has 536 valence electrons. The first-order chi connectivity index (χ1) is 47.8. The second-order valence-electron chi connectivity index (χ2n) is 27.8. The number of hydrogen-bond donors (Lipinski definition) is 8. The number of nitrogens with one attached hydrogen (secondary N) is 4.